The molecule has 25 heavy (non-hydrogen) atoms. The fraction of sp³-hybridized carbons (Fsp3) is 0.333. The van der Waals surface area contributed by atoms with Crippen molar-refractivity contribution in [3.05, 3.63) is 64.6 Å². The predicted molar refractivity (Wildman–Crippen MR) is 100 cm³/mol. The van der Waals surface area contributed by atoms with Gasteiger partial charge in [-0.3, -0.25) is 9.78 Å². The second-order valence-corrected chi connectivity index (χ2v) is 7.13. The van der Waals surface area contributed by atoms with E-state index in [1.54, 1.807) is 6.20 Å². The number of aryl methyl sites for hydroxylation is 2. The fourth-order valence-electron chi connectivity index (χ4n) is 3.74. The Kier molecular flexibility index (Phi) is 3.92. The number of Topliss-reactive ketones (excluding diaryl/α,β-unsaturated/α-hetero) is 1. The van der Waals surface area contributed by atoms with E-state index in [1.807, 2.05) is 19.1 Å². The van der Waals surface area contributed by atoms with Crippen LogP contribution in [0.5, 0.6) is 0 Å². The predicted octanol–water partition coefficient (Wildman–Crippen LogP) is 3.52. The molecule has 1 aliphatic heterocycles. The lowest BCUT2D eigenvalue weighted by molar-refractivity contribution is 0.0971. The highest BCUT2D eigenvalue weighted by Crippen LogP contribution is 2.31. The first-order valence-electron chi connectivity index (χ1n) is 8.78. The highest BCUT2D eigenvalue weighted by atomic mass is 16.1. The van der Waals surface area contributed by atoms with E-state index in [0.717, 1.165) is 25.2 Å². The van der Waals surface area contributed by atoms with Crippen molar-refractivity contribution in [2.24, 2.45) is 0 Å². The molecule has 128 valence electrons. The van der Waals surface area contributed by atoms with Crippen molar-refractivity contribution >= 4 is 16.7 Å². The van der Waals surface area contributed by atoms with Crippen molar-refractivity contribution in [1.82, 2.24) is 14.5 Å². The van der Waals surface area contributed by atoms with Gasteiger partial charge in [-0.15, -0.1) is 0 Å². The summed E-state index contributed by atoms with van der Waals surface area (Å²) >= 11 is 0. The van der Waals surface area contributed by atoms with Gasteiger partial charge in [0.15, 0.2) is 5.78 Å². The lowest BCUT2D eigenvalue weighted by Crippen LogP contribution is -2.28. The summed E-state index contributed by atoms with van der Waals surface area (Å²) in [6.45, 7) is 6.38. The molecule has 0 radical (unpaired) electrons. The standard InChI is InChI=1S/C21H23N3O/c1-14-4-7-19-18(10-14)17-8-9-23(3)12-20(17)24(19)13-21(25)16-6-5-15(2)22-11-16/h4-7,10-11H,8-9,12-13H2,1-3H3. The topological polar surface area (TPSA) is 38.1 Å². The lowest BCUT2D eigenvalue weighted by atomic mass is 10.0. The summed E-state index contributed by atoms with van der Waals surface area (Å²) in [4.78, 5) is 19.4. The minimum Gasteiger partial charge on any atom is -0.335 e. The fourth-order valence-corrected chi connectivity index (χ4v) is 3.74. The zero-order valence-corrected chi connectivity index (χ0v) is 15.0. The maximum absolute atomic E-state index is 12.8. The third-order valence-corrected chi connectivity index (χ3v) is 5.14. The number of hydrogen-bond acceptors (Lipinski definition) is 3. The van der Waals surface area contributed by atoms with Gasteiger partial charge in [-0.1, -0.05) is 11.6 Å². The van der Waals surface area contributed by atoms with Gasteiger partial charge in [-0.05, 0) is 57.1 Å². The van der Waals surface area contributed by atoms with Crippen molar-refractivity contribution in [1.29, 1.82) is 0 Å². The Morgan fingerprint density at radius 2 is 2.04 bits per heavy atom. The number of aromatic nitrogens is 2. The number of rotatable bonds is 3. The summed E-state index contributed by atoms with van der Waals surface area (Å²) in [6, 6.07) is 10.3. The molecule has 0 amide bonds. The molecular formula is C21H23N3O. The number of carbonyl (C=O) groups is 1. The van der Waals surface area contributed by atoms with Gasteiger partial charge in [0.2, 0.25) is 0 Å². The van der Waals surface area contributed by atoms with Gasteiger partial charge >= 0.3 is 0 Å². The molecule has 0 atom stereocenters. The number of hydrogen-bond donors (Lipinski definition) is 0. The molecule has 0 saturated carbocycles. The molecule has 0 N–H and O–H groups in total. The van der Waals surface area contributed by atoms with Gasteiger partial charge in [0.1, 0.15) is 0 Å². The van der Waals surface area contributed by atoms with Gasteiger partial charge in [-0.2, -0.15) is 0 Å². The monoisotopic (exact) mass is 333 g/mol. The van der Waals surface area contributed by atoms with Crippen LogP contribution in [0, 0.1) is 13.8 Å². The molecule has 4 nitrogen and oxygen atoms in total. The van der Waals surface area contributed by atoms with Gasteiger partial charge in [0, 0.05) is 47.1 Å². The quantitative estimate of drug-likeness (QED) is 0.688. The normalized spacial score (nSPS) is 14.7. The van der Waals surface area contributed by atoms with E-state index in [9.17, 15) is 4.79 Å². The van der Waals surface area contributed by atoms with Crippen molar-refractivity contribution in [2.45, 2.75) is 33.4 Å². The summed E-state index contributed by atoms with van der Waals surface area (Å²) in [5.74, 6) is 0.112. The first-order valence-corrected chi connectivity index (χ1v) is 8.78. The van der Waals surface area contributed by atoms with E-state index in [4.69, 9.17) is 0 Å². The minimum atomic E-state index is 0.112. The minimum absolute atomic E-state index is 0.112. The number of nitrogens with zero attached hydrogens (tertiary/aromatic N) is 3. The molecule has 1 aromatic carbocycles. The zero-order chi connectivity index (χ0) is 17.6. The Morgan fingerprint density at radius 3 is 2.80 bits per heavy atom. The molecule has 3 heterocycles. The molecular weight excluding hydrogens is 310 g/mol. The summed E-state index contributed by atoms with van der Waals surface area (Å²) in [5.41, 5.74) is 6.73. The highest BCUT2D eigenvalue weighted by molar-refractivity contribution is 5.97. The van der Waals surface area contributed by atoms with Crippen LogP contribution >= 0.6 is 0 Å². The van der Waals surface area contributed by atoms with Gasteiger partial charge in [-0.25, -0.2) is 0 Å². The van der Waals surface area contributed by atoms with Crippen molar-refractivity contribution in [3.8, 4) is 0 Å². The maximum Gasteiger partial charge on any atom is 0.184 e. The highest BCUT2D eigenvalue weighted by Gasteiger charge is 2.23. The lowest BCUT2D eigenvalue weighted by Gasteiger charge is -2.24. The number of ketones is 1. The number of carbonyl (C=O) groups excluding carboxylic acids is 1. The second kappa shape index (κ2) is 6.12. The number of fused-ring (bicyclic) bond motifs is 3. The Balaban J connectivity index is 1.79. The number of benzene rings is 1. The van der Waals surface area contributed by atoms with Gasteiger partial charge < -0.3 is 9.47 Å². The second-order valence-electron chi connectivity index (χ2n) is 7.13. The first-order chi connectivity index (χ1) is 12.0. The Morgan fingerprint density at radius 1 is 1.20 bits per heavy atom. The summed E-state index contributed by atoms with van der Waals surface area (Å²) in [6.07, 6.45) is 2.73. The van der Waals surface area contributed by atoms with Crippen LogP contribution in [0.25, 0.3) is 10.9 Å². The smallest absolute Gasteiger partial charge is 0.184 e. The Bertz CT molecular complexity index is 953. The number of pyridine rings is 1. The average Bonchev–Trinajstić information content (AvgIpc) is 2.88. The molecule has 0 fully saturated rings. The zero-order valence-electron chi connectivity index (χ0n) is 15.0. The van der Waals surface area contributed by atoms with Crippen LogP contribution in [0.15, 0.2) is 36.5 Å². The molecule has 0 unspecified atom stereocenters. The molecule has 0 aliphatic carbocycles. The van der Waals surface area contributed by atoms with Crippen molar-refractivity contribution in [2.75, 3.05) is 13.6 Å². The van der Waals surface area contributed by atoms with Crippen molar-refractivity contribution < 1.29 is 4.79 Å². The van der Waals surface area contributed by atoms with Gasteiger partial charge in [0.05, 0.1) is 6.54 Å². The Labute approximate surface area is 148 Å². The van der Waals surface area contributed by atoms with Crippen LogP contribution in [0.4, 0.5) is 0 Å². The summed E-state index contributed by atoms with van der Waals surface area (Å²) < 4.78 is 2.21. The van der Waals surface area contributed by atoms with Crippen LogP contribution in [-0.4, -0.2) is 33.8 Å². The maximum atomic E-state index is 12.8. The molecule has 0 saturated heterocycles. The van der Waals surface area contributed by atoms with Crippen LogP contribution in [-0.2, 0) is 19.5 Å². The Hall–Kier alpha value is -2.46. The third-order valence-electron chi connectivity index (χ3n) is 5.14. The van der Waals surface area contributed by atoms with Crippen LogP contribution in [0.1, 0.15) is 32.9 Å². The largest absolute Gasteiger partial charge is 0.335 e. The van der Waals surface area contributed by atoms with Crippen LogP contribution in [0.3, 0.4) is 0 Å². The van der Waals surface area contributed by atoms with Crippen molar-refractivity contribution in [3.63, 3.8) is 0 Å². The van der Waals surface area contributed by atoms with Crippen LogP contribution in [0.2, 0.25) is 0 Å². The molecule has 4 rings (SSSR count). The number of likely N-dealkylation sites (N-methyl/N-ethyl adjacent to an activating group) is 1. The average molecular weight is 333 g/mol. The molecule has 0 bridgehead atoms. The molecule has 1 aliphatic rings. The molecule has 3 aromatic rings. The van der Waals surface area contributed by atoms with E-state index in [-0.39, 0.29) is 5.78 Å². The van der Waals surface area contributed by atoms with Gasteiger partial charge in [0.25, 0.3) is 0 Å². The summed E-state index contributed by atoms with van der Waals surface area (Å²) in [5, 5.41) is 1.30. The molecule has 0 spiro atoms. The summed E-state index contributed by atoms with van der Waals surface area (Å²) in [7, 11) is 2.14. The SMILES string of the molecule is Cc1ccc2c(c1)c1c(n2CC(=O)c2ccc(C)nc2)CN(C)CC1. The van der Waals surface area contributed by atoms with E-state index in [2.05, 4.69) is 46.6 Å². The van der Waals surface area contributed by atoms with E-state index in [1.165, 1.54) is 27.7 Å². The van der Waals surface area contributed by atoms with Crippen LogP contribution < -0.4 is 0 Å². The third kappa shape index (κ3) is 2.87. The van der Waals surface area contributed by atoms with E-state index in [0.29, 0.717) is 12.1 Å². The van der Waals surface area contributed by atoms with E-state index >= 15 is 0 Å². The van der Waals surface area contributed by atoms with E-state index < -0.39 is 0 Å². The molecule has 4 heteroatoms. The molecule has 2 aromatic heterocycles. The first kappa shape index (κ1) is 16.0.